The molecule has 0 aliphatic rings. The van der Waals surface area contributed by atoms with Crippen LogP contribution in [-0.4, -0.2) is 11.5 Å². The Bertz CT molecular complexity index is 207. The number of hydrogen-bond acceptors (Lipinski definition) is 2. The molecule has 0 amide bonds. The summed E-state index contributed by atoms with van der Waals surface area (Å²) in [4.78, 5) is 2.66. The van der Waals surface area contributed by atoms with Gasteiger partial charge in [0, 0.05) is 23.3 Å². The van der Waals surface area contributed by atoms with Gasteiger partial charge in [-0.3, -0.25) is 0 Å². The van der Waals surface area contributed by atoms with Gasteiger partial charge in [-0.2, -0.15) is 0 Å². The van der Waals surface area contributed by atoms with Crippen LogP contribution >= 0.6 is 23.1 Å². The van der Waals surface area contributed by atoms with Gasteiger partial charge in [0.15, 0.2) is 0 Å². The Hall–Kier alpha value is -0.0500. The molecule has 0 spiro atoms. The molecule has 0 fully saturated rings. The largest absolute Gasteiger partial charge is 0.218 e. The quantitative estimate of drug-likeness (QED) is 0.625. The first-order chi connectivity index (χ1) is 4.68. The lowest BCUT2D eigenvalue weighted by atomic mass is 10.4. The summed E-state index contributed by atoms with van der Waals surface area (Å²) in [7, 11) is 1.86. The van der Waals surface area contributed by atoms with E-state index in [-0.39, 0.29) is 0 Å². The fraction of sp³-hybridized carbons (Fsp3) is 0.429. The summed E-state index contributed by atoms with van der Waals surface area (Å²) >= 11 is 7.45. The third kappa shape index (κ3) is 2.29. The molecule has 1 aromatic rings. The molecule has 1 heterocycles. The summed E-state index contributed by atoms with van der Waals surface area (Å²) < 4.78 is 1.66. The smallest absolute Gasteiger partial charge is 0.0480 e. The van der Waals surface area contributed by atoms with E-state index >= 15 is 0 Å². The van der Waals surface area contributed by atoms with E-state index < -0.39 is 0 Å². The van der Waals surface area contributed by atoms with Crippen molar-refractivity contribution in [3.63, 3.8) is 0 Å². The number of rotatable bonds is 2. The Morgan fingerprint density at radius 1 is 1.60 bits per heavy atom. The third-order valence-corrected chi connectivity index (χ3v) is 2.27. The zero-order valence-electron chi connectivity index (χ0n) is 6.10. The Morgan fingerprint density at radius 2 is 2.30 bits per heavy atom. The minimum atomic E-state index is 0.833. The van der Waals surface area contributed by atoms with Gasteiger partial charge in [0.1, 0.15) is 0 Å². The van der Waals surface area contributed by atoms with Gasteiger partial charge >= 0.3 is 0 Å². The van der Waals surface area contributed by atoms with E-state index in [1.54, 1.807) is 15.8 Å². The van der Waals surface area contributed by atoms with Crippen molar-refractivity contribution in [2.75, 3.05) is 7.05 Å². The molecular weight excluding hydrogens is 166 g/mol. The van der Waals surface area contributed by atoms with Crippen LogP contribution < -0.4 is 0 Å². The Balaban J connectivity index is 2.58. The van der Waals surface area contributed by atoms with Crippen LogP contribution in [0.25, 0.3) is 0 Å². The summed E-state index contributed by atoms with van der Waals surface area (Å²) in [5, 5.41) is 0. The lowest BCUT2D eigenvalue weighted by Gasteiger charge is -2.02. The molecule has 0 aliphatic heterocycles. The van der Waals surface area contributed by atoms with E-state index in [1.807, 2.05) is 7.05 Å². The standard InChI is InChI=1S/C7H10ClNS/c1-6-3-4-7(10-6)5-9(2)8/h3-4H,5H2,1-2H3. The summed E-state index contributed by atoms with van der Waals surface area (Å²) in [5.41, 5.74) is 0. The van der Waals surface area contributed by atoms with Crippen molar-refractivity contribution < 1.29 is 0 Å². The van der Waals surface area contributed by atoms with E-state index in [0.29, 0.717) is 0 Å². The van der Waals surface area contributed by atoms with E-state index in [9.17, 15) is 0 Å². The highest BCUT2D eigenvalue weighted by atomic mass is 35.5. The van der Waals surface area contributed by atoms with E-state index in [2.05, 4.69) is 19.1 Å². The van der Waals surface area contributed by atoms with Crippen molar-refractivity contribution in [3.05, 3.63) is 21.9 Å². The summed E-state index contributed by atoms with van der Waals surface area (Å²) in [6, 6.07) is 4.22. The van der Waals surface area contributed by atoms with Crippen LogP contribution in [0.15, 0.2) is 12.1 Å². The summed E-state index contributed by atoms with van der Waals surface area (Å²) in [5.74, 6) is 0. The molecular formula is C7H10ClNS. The first-order valence-corrected chi connectivity index (χ1v) is 4.26. The number of nitrogens with zero attached hydrogens (tertiary/aromatic N) is 1. The predicted molar refractivity (Wildman–Crippen MR) is 46.4 cm³/mol. The highest BCUT2D eigenvalue weighted by molar-refractivity contribution is 7.11. The third-order valence-electron chi connectivity index (χ3n) is 1.17. The summed E-state index contributed by atoms with van der Waals surface area (Å²) in [6.07, 6.45) is 0. The number of halogens is 1. The second-order valence-electron chi connectivity index (χ2n) is 2.28. The van der Waals surface area contributed by atoms with Crippen LogP contribution in [0, 0.1) is 6.92 Å². The minimum Gasteiger partial charge on any atom is -0.218 e. The molecule has 0 saturated heterocycles. The second-order valence-corrected chi connectivity index (χ2v) is 4.22. The highest BCUT2D eigenvalue weighted by Gasteiger charge is 1.97. The van der Waals surface area contributed by atoms with E-state index in [1.165, 1.54) is 9.75 Å². The van der Waals surface area contributed by atoms with Crippen LogP contribution in [-0.2, 0) is 6.54 Å². The average molecular weight is 176 g/mol. The zero-order chi connectivity index (χ0) is 7.56. The fourth-order valence-electron chi connectivity index (χ4n) is 0.785. The van der Waals surface area contributed by atoms with Crippen LogP contribution in [0.4, 0.5) is 0 Å². The van der Waals surface area contributed by atoms with Gasteiger partial charge in [0.05, 0.1) is 0 Å². The molecule has 1 rings (SSSR count). The molecule has 0 aromatic carbocycles. The monoisotopic (exact) mass is 175 g/mol. The number of hydrogen-bond donors (Lipinski definition) is 0. The molecule has 0 atom stereocenters. The maximum absolute atomic E-state index is 5.66. The Kier molecular flexibility index (Phi) is 2.72. The molecule has 0 bridgehead atoms. The molecule has 3 heteroatoms. The Morgan fingerprint density at radius 3 is 2.70 bits per heavy atom. The number of aryl methyl sites for hydroxylation is 1. The lowest BCUT2D eigenvalue weighted by molar-refractivity contribution is 0.552. The van der Waals surface area contributed by atoms with E-state index in [0.717, 1.165) is 6.54 Å². The molecule has 0 aliphatic carbocycles. The first kappa shape index (κ1) is 8.05. The van der Waals surface area contributed by atoms with Gasteiger partial charge in [0.2, 0.25) is 0 Å². The van der Waals surface area contributed by atoms with Crippen LogP contribution in [0.2, 0.25) is 0 Å². The van der Waals surface area contributed by atoms with Crippen molar-refractivity contribution in [2.24, 2.45) is 0 Å². The fourth-order valence-corrected chi connectivity index (χ4v) is 1.93. The van der Waals surface area contributed by atoms with Crippen LogP contribution in [0.1, 0.15) is 9.75 Å². The van der Waals surface area contributed by atoms with Crippen LogP contribution in [0.5, 0.6) is 0 Å². The van der Waals surface area contributed by atoms with Crippen molar-refractivity contribution in [1.82, 2.24) is 4.42 Å². The molecule has 1 aromatic heterocycles. The predicted octanol–water partition coefficient (Wildman–Crippen LogP) is 2.64. The molecule has 0 saturated carbocycles. The van der Waals surface area contributed by atoms with Crippen molar-refractivity contribution in [1.29, 1.82) is 0 Å². The molecule has 1 nitrogen and oxygen atoms in total. The van der Waals surface area contributed by atoms with Gasteiger partial charge < -0.3 is 0 Å². The minimum absolute atomic E-state index is 0.833. The van der Waals surface area contributed by atoms with Crippen LogP contribution in [0.3, 0.4) is 0 Å². The molecule has 10 heavy (non-hydrogen) atoms. The normalized spacial score (nSPS) is 10.8. The molecule has 0 unspecified atom stereocenters. The maximum atomic E-state index is 5.66. The average Bonchev–Trinajstić information content (AvgIpc) is 2.13. The molecule has 0 N–H and O–H groups in total. The van der Waals surface area contributed by atoms with Crippen molar-refractivity contribution in [3.8, 4) is 0 Å². The SMILES string of the molecule is Cc1ccc(CN(C)Cl)s1. The molecule has 0 radical (unpaired) electrons. The van der Waals surface area contributed by atoms with Gasteiger partial charge in [-0.15, -0.1) is 11.3 Å². The van der Waals surface area contributed by atoms with Gasteiger partial charge in [-0.1, -0.05) is 0 Å². The maximum Gasteiger partial charge on any atom is 0.0480 e. The first-order valence-electron chi connectivity index (χ1n) is 3.10. The van der Waals surface area contributed by atoms with Crippen molar-refractivity contribution in [2.45, 2.75) is 13.5 Å². The number of thiophene rings is 1. The Labute approximate surface area is 70.3 Å². The van der Waals surface area contributed by atoms with Crippen molar-refractivity contribution >= 4 is 23.1 Å². The second kappa shape index (κ2) is 3.37. The lowest BCUT2D eigenvalue weighted by Crippen LogP contribution is -2.01. The molecule has 56 valence electrons. The zero-order valence-corrected chi connectivity index (χ0v) is 7.67. The topological polar surface area (TPSA) is 3.24 Å². The van der Waals surface area contributed by atoms with E-state index in [4.69, 9.17) is 11.8 Å². The van der Waals surface area contributed by atoms with Gasteiger partial charge in [0.25, 0.3) is 0 Å². The summed E-state index contributed by atoms with van der Waals surface area (Å²) in [6.45, 7) is 2.93. The van der Waals surface area contributed by atoms with Gasteiger partial charge in [-0.25, -0.2) is 4.42 Å². The van der Waals surface area contributed by atoms with Gasteiger partial charge in [-0.05, 0) is 30.8 Å². The highest BCUT2D eigenvalue weighted by Crippen LogP contribution is 2.16.